The summed E-state index contributed by atoms with van der Waals surface area (Å²) in [6.07, 6.45) is 5.82. The molecule has 0 aliphatic carbocycles. The van der Waals surface area contributed by atoms with Crippen molar-refractivity contribution in [1.29, 1.82) is 0 Å². The molecule has 0 aromatic rings. The number of methoxy groups -OCH3 is 1. The van der Waals surface area contributed by atoms with Crippen LogP contribution in [0.15, 0.2) is 11.6 Å². The molecule has 19 heavy (non-hydrogen) atoms. The average Bonchev–Trinajstić information content (AvgIpc) is 2.59. The summed E-state index contributed by atoms with van der Waals surface area (Å²) in [6, 6.07) is 0. The van der Waals surface area contributed by atoms with Crippen LogP contribution in [-0.2, 0) is 9.53 Å². The first-order valence-electron chi connectivity index (χ1n) is 7.32. The van der Waals surface area contributed by atoms with Crippen LogP contribution in [0.3, 0.4) is 0 Å². The van der Waals surface area contributed by atoms with E-state index in [2.05, 4.69) is 25.7 Å². The number of rotatable bonds is 3. The van der Waals surface area contributed by atoms with Crippen molar-refractivity contribution >= 4 is 5.97 Å². The van der Waals surface area contributed by atoms with E-state index in [1.165, 1.54) is 26.4 Å². The van der Waals surface area contributed by atoms with E-state index in [4.69, 9.17) is 4.74 Å². The number of nitrogens with zero attached hydrogens (tertiary/aromatic N) is 1. The second-order valence-electron chi connectivity index (χ2n) is 6.67. The van der Waals surface area contributed by atoms with E-state index in [0.29, 0.717) is 11.0 Å². The molecule has 1 rings (SSSR count). The highest BCUT2D eigenvalue weighted by Crippen LogP contribution is 2.34. The van der Waals surface area contributed by atoms with Crippen molar-refractivity contribution in [2.45, 2.75) is 47.0 Å². The maximum absolute atomic E-state index is 11.3. The molecule has 1 saturated heterocycles. The summed E-state index contributed by atoms with van der Waals surface area (Å²) in [5.74, 6) is 0.588. The normalized spacial score (nSPS) is 23.0. The number of carbonyl (C=O) groups is 1. The fraction of sp³-hybridized carbons (Fsp3) is 0.812. The summed E-state index contributed by atoms with van der Waals surface area (Å²) in [4.78, 5) is 13.8. The third-order valence-electron chi connectivity index (χ3n) is 4.21. The van der Waals surface area contributed by atoms with Gasteiger partial charge in [0.1, 0.15) is 0 Å². The third-order valence-corrected chi connectivity index (χ3v) is 4.21. The molecule has 1 aliphatic heterocycles. The van der Waals surface area contributed by atoms with E-state index in [1.807, 2.05) is 13.0 Å². The Labute approximate surface area is 118 Å². The summed E-state index contributed by atoms with van der Waals surface area (Å²) < 4.78 is 4.71. The van der Waals surface area contributed by atoms with Crippen LogP contribution in [-0.4, -0.2) is 37.6 Å². The maximum Gasteiger partial charge on any atom is 0.333 e. The highest BCUT2D eigenvalue weighted by molar-refractivity contribution is 5.87. The molecule has 0 amide bonds. The number of hydrogen-bond donors (Lipinski definition) is 0. The minimum atomic E-state index is -0.220. The molecule has 0 bridgehead atoms. The fourth-order valence-corrected chi connectivity index (χ4v) is 2.71. The highest BCUT2D eigenvalue weighted by atomic mass is 16.5. The molecule has 1 aliphatic rings. The lowest BCUT2D eigenvalue weighted by Gasteiger charge is -2.29. The van der Waals surface area contributed by atoms with Crippen molar-refractivity contribution in [2.75, 3.05) is 26.7 Å². The van der Waals surface area contributed by atoms with Crippen LogP contribution < -0.4 is 0 Å². The van der Waals surface area contributed by atoms with Crippen LogP contribution >= 0.6 is 0 Å². The van der Waals surface area contributed by atoms with Crippen molar-refractivity contribution in [1.82, 2.24) is 4.90 Å². The number of hydrogen-bond acceptors (Lipinski definition) is 3. The zero-order valence-electron chi connectivity index (χ0n) is 13.2. The number of esters is 1. The van der Waals surface area contributed by atoms with Gasteiger partial charge in [-0.05, 0) is 50.6 Å². The third kappa shape index (κ3) is 5.35. The number of carbonyl (C=O) groups excluding carboxylic acids is 1. The van der Waals surface area contributed by atoms with Gasteiger partial charge in [0.05, 0.1) is 7.11 Å². The standard InChI is InChI=1S/C16H29NO2/c1-13(15(18)19-5)8-11-17-10-6-7-14(9-12-17)16(2,3)4/h8,14H,6-7,9-12H2,1-5H3. The van der Waals surface area contributed by atoms with Crippen molar-refractivity contribution in [3.8, 4) is 0 Å². The van der Waals surface area contributed by atoms with E-state index >= 15 is 0 Å². The largest absolute Gasteiger partial charge is 0.466 e. The molecule has 0 aromatic carbocycles. The van der Waals surface area contributed by atoms with Crippen molar-refractivity contribution in [3.63, 3.8) is 0 Å². The molecular weight excluding hydrogens is 238 g/mol. The van der Waals surface area contributed by atoms with Crippen LogP contribution in [0.4, 0.5) is 0 Å². The van der Waals surface area contributed by atoms with Gasteiger partial charge in [0, 0.05) is 12.1 Å². The van der Waals surface area contributed by atoms with Gasteiger partial charge >= 0.3 is 5.97 Å². The Morgan fingerprint density at radius 1 is 1.32 bits per heavy atom. The summed E-state index contributed by atoms with van der Waals surface area (Å²) in [5.41, 5.74) is 1.12. The Morgan fingerprint density at radius 2 is 2.00 bits per heavy atom. The zero-order chi connectivity index (χ0) is 14.5. The zero-order valence-corrected chi connectivity index (χ0v) is 13.2. The topological polar surface area (TPSA) is 29.5 Å². The molecule has 0 aromatic heterocycles. The minimum absolute atomic E-state index is 0.220. The fourth-order valence-electron chi connectivity index (χ4n) is 2.71. The Balaban J connectivity index is 2.48. The van der Waals surface area contributed by atoms with Crippen molar-refractivity contribution in [2.24, 2.45) is 11.3 Å². The van der Waals surface area contributed by atoms with Gasteiger partial charge in [-0.2, -0.15) is 0 Å². The predicted molar refractivity (Wildman–Crippen MR) is 79.0 cm³/mol. The Bertz CT molecular complexity index is 328. The van der Waals surface area contributed by atoms with Crippen LogP contribution in [0.1, 0.15) is 47.0 Å². The second-order valence-corrected chi connectivity index (χ2v) is 6.67. The first kappa shape index (κ1) is 16.2. The molecule has 0 saturated carbocycles. The molecule has 0 N–H and O–H groups in total. The van der Waals surface area contributed by atoms with Crippen LogP contribution in [0.5, 0.6) is 0 Å². The van der Waals surface area contributed by atoms with E-state index in [9.17, 15) is 4.79 Å². The Morgan fingerprint density at radius 3 is 2.58 bits per heavy atom. The van der Waals surface area contributed by atoms with Gasteiger partial charge in [0.25, 0.3) is 0 Å². The summed E-state index contributed by atoms with van der Waals surface area (Å²) in [7, 11) is 1.43. The van der Waals surface area contributed by atoms with Crippen LogP contribution in [0.2, 0.25) is 0 Å². The van der Waals surface area contributed by atoms with Gasteiger partial charge in [-0.1, -0.05) is 26.8 Å². The van der Waals surface area contributed by atoms with Crippen LogP contribution in [0.25, 0.3) is 0 Å². The van der Waals surface area contributed by atoms with Gasteiger partial charge < -0.3 is 4.74 Å². The van der Waals surface area contributed by atoms with Crippen molar-refractivity contribution < 1.29 is 9.53 Å². The molecule has 0 radical (unpaired) electrons. The molecule has 3 heteroatoms. The summed E-state index contributed by atoms with van der Waals surface area (Å²) in [5, 5.41) is 0. The SMILES string of the molecule is COC(=O)C(C)=CCN1CCCC(C(C)(C)C)CC1. The lowest BCUT2D eigenvalue weighted by atomic mass is 9.77. The quantitative estimate of drug-likeness (QED) is 0.580. The second kappa shape index (κ2) is 7.09. The molecule has 1 unspecified atom stereocenters. The van der Waals surface area contributed by atoms with Gasteiger partial charge in [0.15, 0.2) is 0 Å². The molecule has 1 heterocycles. The predicted octanol–water partition coefficient (Wildman–Crippen LogP) is 3.25. The summed E-state index contributed by atoms with van der Waals surface area (Å²) >= 11 is 0. The summed E-state index contributed by atoms with van der Waals surface area (Å²) in [6.45, 7) is 12.0. The van der Waals surface area contributed by atoms with Crippen LogP contribution in [0, 0.1) is 11.3 Å². The molecule has 0 spiro atoms. The first-order valence-corrected chi connectivity index (χ1v) is 7.32. The van der Waals surface area contributed by atoms with E-state index in [-0.39, 0.29) is 5.97 Å². The molecular formula is C16H29NO2. The molecule has 110 valence electrons. The smallest absolute Gasteiger partial charge is 0.333 e. The van der Waals surface area contributed by atoms with Gasteiger partial charge in [-0.15, -0.1) is 0 Å². The van der Waals surface area contributed by atoms with Gasteiger partial charge in [0.2, 0.25) is 0 Å². The maximum atomic E-state index is 11.3. The van der Waals surface area contributed by atoms with E-state index in [0.717, 1.165) is 25.6 Å². The lowest BCUT2D eigenvalue weighted by Crippen LogP contribution is -2.26. The van der Waals surface area contributed by atoms with E-state index < -0.39 is 0 Å². The van der Waals surface area contributed by atoms with Crippen molar-refractivity contribution in [3.05, 3.63) is 11.6 Å². The average molecular weight is 267 g/mol. The number of likely N-dealkylation sites (tertiary alicyclic amines) is 1. The molecule has 3 nitrogen and oxygen atoms in total. The number of ether oxygens (including phenoxy) is 1. The molecule has 1 atom stereocenters. The first-order chi connectivity index (χ1) is 8.84. The molecule has 1 fully saturated rings. The Hall–Kier alpha value is -0.830. The lowest BCUT2D eigenvalue weighted by molar-refractivity contribution is -0.136. The monoisotopic (exact) mass is 267 g/mol. The highest BCUT2D eigenvalue weighted by Gasteiger charge is 2.26. The Kier molecular flexibility index (Phi) is 6.05. The van der Waals surface area contributed by atoms with Gasteiger partial charge in [-0.25, -0.2) is 4.79 Å². The minimum Gasteiger partial charge on any atom is -0.466 e. The van der Waals surface area contributed by atoms with E-state index in [1.54, 1.807) is 0 Å². The van der Waals surface area contributed by atoms with Gasteiger partial charge in [-0.3, -0.25) is 4.90 Å².